The van der Waals surface area contributed by atoms with Crippen molar-refractivity contribution in [2.75, 3.05) is 7.11 Å². The molecule has 0 fully saturated rings. The van der Waals surface area contributed by atoms with E-state index in [-0.39, 0.29) is 5.76 Å². The standard InChI is InChI=1S/C21H19NO4/c1-14-6-8-17(11-15(14)2)22-13-16-7-9-18(20(12-16)24-3)26-21(23)19-5-4-10-25-19/h4-13H,1-3H3. The lowest BCUT2D eigenvalue weighted by molar-refractivity contribution is 0.0696. The highest BCUT2D eigenvalue weighted by molar-refractivity contribution is 5.89. The molecule has 0 aliphatic carbocycles. The number of carbonyl (C=O) groups is 1. The summed E-state index contributed by atoms with van der Waals surface area (Å²) in [7, 11) is 1.52. The number of ether oxygens (including phenoxy) is 2. The van der Waals surface area contributed by atoms with E-state index >= 15 is 0 Å². The van der Waals surface area contributed by atoms with Crippen molar-refractivity contribution >= 4 is 17.9 Å². The first-order chi connectivity index (χ1) is 12.6. The third-order valence-corrected chi connectivity index (χ3v) is 3.97. The average molecular weight is 349 g/mol. The summed E-state index contributed by atoms with van der Waals surface area (Å²) in [5, 5.41) is 0. The van der Waals surface area contributed by atoms with Crippen molar-refractivity contribution in [2.24, 2.45) is 4.99 Å². The SMILES string of the molecule is COc1cc(C=Nc2ccc(C)c(C)c2)ccc1OC(=O)c1ccco1. The first-order valence-electron chi connectivity index (χ1n) is 8.12. The maximum absolute atomic E-state index is 12.0. The molecule has 1 heterocycles. The molecule has 5 heteroatoms. The van der Waals surface area contributed by atoms with Gasteiger partial charge in [-0.15, -0.1) is 0 Å². The van der Waals surface area contributed by atoms with Crippen LogP contribution in [0, 0.1) is 13.8 Å². The molecule has 2 aromatic carbocycles. The fourth-order valence-electron chi connectivity index (χ4n) is 2.35. The van der Waals surface area contributed by atoms with Crippen molar-refractivity contribution in [2.45, 2.75) is 13.8 Å². The van der Waals surface area contributed by atoms with E-state index in [9.17, 15) is 4.79 Å². The number of carbonyl (C=O) groups excluding carboxylic acids is 1. The summed E-state index contributed by atoms with van der Waals surface area (Å²) in [5.41, 5.74) is 4.13. The number of nitrogens with zero attached hydrogens (tertiary/aromatic N) is 1. The quantitative estimate of drug-likeness (QED) is 0.374. The van der Waals surface area contributed by atoms with Gasteiger partial charge < -0.3 is 13.9 Å². The van der Waals surface area contributed by atoms with Gasteiger partial charge in [-0.3, -0.25) is 4.99 Å². The van der Waals surface area contributed by atoms with Gasteiger partial charge in [0.25, 0.3) is 0 Å². The Morgan fingerprint density at radius 3 is 2.58 bits per heavy atom. The van der Waals surface area contributed by atoms with Gasteiger partial charge in [-0.05, 0) is 73.0 Å². The molecular formula is C21H19NO4. The molecule has 0 radical (unpaired) electrons. The molecule has 3 aromatic rings. The Hall–Kier alpha value is -3.34. The van der Waals surface area contributed by atoms with Gasteiger partial charge >= 0.3 is 5.97 Å². The molecular weight excluding hydrogens is 330 g/mol. The number of hydrogen-bond donors (Lipinski definition) is 0. The van der Waals surface area contributed by atoms with Crippen molar-refractivity contribution < 1.29 is 18.7 Å². The lowest BCUT2D eigenvalue weighted by Gasteiger charge is -2.09. The second-order valence-electron chi connectivity index (χ2n) is 5.80. The highest BCUT2D eigenvalue weighted by atomic mass is 16.6. The fourth-order valence-corrected chi connectivity index (χ4v) is 2.35. The van der Waals surface area contributed by atoms with Crippen LogP contribution in [-0.2, 0) is 0 Å². The Balaban J connectivity index is 1.78. The van der Waals surface area contributed by atoms with Gasteiger partial charge in [-0.2, -0.15) is 0 Å². The lowest BCUT2D eigenvalue weighted by Crippen LogP contribution is -2.08. The van der Waals surface area contributed by atoms with Crippen molar-refractivity contribution in [1.29, 1.82) is 0 Å². The summed E-state index contributed by atoms with van der Waals surface area (Å²) >= 11 is 0. The number of aryl methyl sites for hydroxylation is 2. The predicted octanol–water partition coefficient (Wildman–Crippen LogP) is 4.87. The first-order valence-corrected chi connectivity index (χ1v) is 8.12. The minimum atomic E-state index is -0.579. The van der Waals surface area contributed by atoms with E-state index in [0.717, 1.165) is 11.3 Å². The van der Waals surface area contributed by atoms with Crippen LogP contribution in [0.25, 0.3) is 0 Å². The van der Waals surface area contributed by atoms with Crippen LogP contribution in [0.3, 0.4) is 0 Å². The monoisotopic (exact) mass is 349 g/mol. The summed E-state index contributed by atoms with van der Waals surface area (Å²) in [6.07, 6.45) is 3.16. The topological polar surface area (TPSA) is 61.0 Å². The molecule has 5 nitrogen and oxygen atoms in total. The first kappa shape index (κ1) is 17.5. The molecule has 0 saturated carbocycles. The number of rotatable bonds is 5. The zero-order valence-corrected chi connectivity index (χ0v) is 14.9. The number of furan rings is 1. The third-order valence-electron chi connectivity index (χ3n) is 3.97. The molecule has 0 atom stereocenters. The maximum Gasteiger partial charge on any atom is 0.379 e. The second-order valence-corrected chi connectivity index (χ2v) is 5.80. The Morgan fingerprint density at radius 1 is 1.04 bits per heavy atom. The van der Waals surface area contributed by atoms with Gasteiger partial charge in [-0.1, -0.05) is 6.07 Å². The van der Waals surface area contributed by atoms with E-state index in [1.807, 2.05) is 18.2 Å². The van der Waals surface area contributed by atoms with Gasteiger partial charge in [0.15, 0.2) is 11.5 Å². The summed E-state index contributed by atoms with van der Waals surface area (Å²) < 4.78 is 15.7. The smallest absolute Gasteiger partial charge is 0.379 e. The normalized spacial score (nSPS) is 10.9. The molecule has 0 unspecified atom stereocenters. The Morgan fingerprint density at radius 2 is 1.88 bits per heavy atom. The van der Waals surface area contributed by atoms with Gasteiger partial charge in [-0.25, -0.2) is 4.79 Å². The van der Waals surface area contributed by atoms with Crippen molar-refractivity contribution in [3.05, 3.63) is 77.2 Å². The molecule has 0 aliphatic heterocycles. The van der Waals surface area contributed by atoms with E-state index in [4.69, 9.17) is 13.9 Å². The Labute approximate surface area is 151 Å². The van der Waals surface area contributed by atoms with Gasteiger partial charge in [0.2, 0.25) is 5.76 Å². The minimum Gasteiger partial charge on any atom is -0.493 e. The van der Waals surface area contributed by atoms with Crippen molar-refractivity contribution in [3.63, 3.8) is 0 Å². The van der Waals surface area contributed by atoms with Crippen molar-refractivity contribution in [3.8, 4) is 11.5 Å². The zero-order chi connectivity index (χ0) is 18.5. The van der Waals surface area contributed by atoms with Crippen molar-refractivity contribution in [1.82, 2.24) is 0 Å². The molecule has 1 aromatic heterocycles. The molecule has 0 amide bonds. The Kier molecular flexibility index (Phi) is 5.17. The van der Waals surface area contributed by atoms with Crippen LogP contribution < -0.4 is 9.47 Å². The van der Waals surface area contributed by atoms with Crippen LogP contribution in [0.5, 0.6) is 11.5 Å². The van der Waals surface area contributed by atoms with Gasteiger partial charge in [0, 0.05) is 6.21 Å². The second kappa shape index (κ2) is 7.70. The number of hydrogen-bond acceptors (Lipinski definition) is 5. The molecule has 0 bridgehead atoms. The zero-order valence-electron chi connectivity index (χ0n) is 14.9. The van der Waals surface area contributed by atoms with Crippen LogP contribution >= 0.6 is 0 Å². The molecule has 0 N–H and O–H groups in total. The predicted molar refractivity (Wildman–Crippen MR) is 99.8 cm³/mol. The summed E-state index contributed by atoms with van der Waals surface area (Å²) in [5.74, 6) is 0.309. The molecule has 26 heavy (non-hydrogen) atoms. The maximum atomic E-state index is 12.0. The lowest BCUT2D eigenvalue weighted by atomic mass is 10.1. The van der Waals surface area contributed by atoms with E-state index in [1.165, 1.54) is 24.5 Å². The summed E-state index contributed by atoms with van der Waals surface area (Å²) in [6.45, 7) is 4.12. The third kappa shape index (κ3) is 4.00. The Bertz CT molecular complexity index is 943. The van der Waals surface area contributed by atoms with E-state index in [2.05, 4.69) is 18.8 Å². The number of benzene rings is 2. The fraction of sp³-hybridized carbons (Fsp3) is 0.143. The number of aliphatic imine (C=N–C) groups is 1. The van der Waals surface area contributed by atoms with E-state index in [1.54, 1.807) is 36.5 Å². The van der Waals surface area contributed by atoms with Crippen LogP contribution in [0.4, 0.5) is 5.69 Å². The van der Waals surface area contributed by atoms with Gasteiger partial charge in [0.1, 0.15) is 0 Å². The summed E-state index contributed by atoms with van der Waals surface area (Å²) in [4.78, 5) is 16.5. The number of methoxy groups -OCH3 is 1. The largest absolute Gasteiger partial charge is 0.493 e. The van der Waals surface area contributed by atoms with Crippen LogP contribution in [0.2, 0.25) is 0 Å². The molecule has 0 aliphatic rings. The van der Waals surface area contributed by atoms with Crippen LogP contribution in [-0.4, -0.2) is 19.3 Å². The molecule has 0 saturated heterocycles. The summed E-state index contributed by atoms with van der Waals surface area (Å²) in [6, 6.07) is 14.4. The van der Waals surface area contributed by atoms with E-state index in [0.29, 0.717) is 11.5 Å². The molecule has 132 valence electrons. The van der Waals surface area contributed by atoms with Crippen LogP contribution in [0.15, 0.2) is 64.2 Å². The molecule has 3 rings (SSSR count). The highest BCUT2D eigenvalue weighted by Gasteiger charge is 2.14. The molecule has 0 spiro atoms. The van der Waals surface area contributed by atoms with E-state index < -0.39 is 5.97 Å². The highest BCUT2D eigenvalue weighted by Crippen LogP contribution is 2.28. The number of esters is 1. The minimum absolute atomic E-state index is 0.132. The van der Waals surface area contributed by atoms with Crippen LogP contribution in [0.1, 0.15) is 27.2 Å². The average Bonchev–Trinajstić information content (AvgIpc) is 3.18. The van der Waals surface area contributed by atoms with Gasteiger partial charge in [0.05, 0.1) is 19.1 Å².